The standard InChI is InChI=1S/C19H18S5/c1-8(2)9-6-10-13(20-9)15-17(21-10)18-16(24-15)14-11(22-18)7-12(23-14)19(3,4)5/h6-8H,1-5H3. The molecule has 0 fully saturated rings. The van der Waals surface area contributed by atoms with Gasteiger partial charge in [0.15, 0.2) is 0 Å². The fourth-order valence-corrected chi connectivity index (χ4v) is 10.3. The molecule has 5 heterocycles. The van der Waals surface area contributed by atoms with E-state index in [-0.39, 0.29) is 5.41 Å². The molecule has 0 radical (unpaired) electrons. The van der Waals surface area contributed by atoms with Crippen LogP contribution in [0.2, 0.25) is 0 Å². The molecular formula is C19H18S5. The van der Waals surface area contributed by atoms with Crippen LogP contribution in [0.25, 0.3) is 37.6 Å². The van der Waals surface area contributed by atoms with E-state index in [9.17, 15) is 0 Å². The van der Waals surface area contributed by atoms with Crippen molar-refractivity contribution in [2.75, 3.05) is 0 Å². The largest absolute Gasteiger partial charge is 0.138 e. The van der Waals surface area contributed by atoms with E-state index in [0.717, 1.165) is 0 Å². The zero-order valence-electron chi connectivity index (χ0n) is 14.3. The molecule has 0 unspecified atom stereocenters. The average molecular weight is 407 g/mol. The van der Waals surface area contributed by atoms with Gasteiger partial charge in [0.2, 0.25) is 0 Å². The van der Waals surface area contributed by atoms with Crippen molar-refractivity contribution in [2.45, 2.75) is 46.0 Å². The van der Waals surface area contributed by atoms with Crippen LogP contribution in [0.5, 0.6) is 0 Å². The average Bonchev–Trinajstić information content (AvgIpc) is 3.18. The lowest BCUT2D eigenvalue weighted by molar-refractivity contribution is 0.604. The fraction of sp³-hybridized carbons (Fsp3) is 0.368. The summed E-state index contributed by atoms with van der Waals surface area (Å²) in [6.45, 7) is 11.5. The highest BCUT2D eigenvalue weighted by atomic mass is 32.1. The summed E-state index contributed by atoms with van der Waals surface area (Å²) in [5.74, 6) is 0.629. The summed E-state index contributed by atoms with van der Waals surface area (Å²) in [4.78, 5) is 3.02. The number of hydrogen-bond donors (Lipinski definition) is 0. The number of thiophene rings is 5. The van der Waals surface area contributed by atoms with Crippen molar-refractivity contribution in [3.8, 4) is 0 Å². The molecule has 24 heavy (non-hydrogen) atoms. The molecular weight excluding hydrogens is 389 g/mol. The quantitative estimate of drug-likeness (QED) is 0.260. The molecule has 5 aromatic heterocycles. The summed E-state index contributed by atoms with van der Waals surface area (Å²) in [6, 6.07) is 4.84. The zero-order valence-corrected chi connectivity index (χ0v) is 18.4. The van der Waals surface area contributed by atoms with E-state index < -0.39 is 0 Å². The van der Waals surface area contributed by atoms with Crippen molar-refractivity contribution in [1.82, 2.24) is 0 Å². The van der Waals surface area contributed by atoms with Crippen LogP contribution in [0, 0.1) is 0 Å². The van der Waals surface area contributed by atoms with Crippen LogP contribution in [0.4, 0.5) is 0 Å². The van der Waals surface area contributed by atoms with Crippen LogP contribution in [-0.4, -0.2) is 0 Å². The molecule has 0 amide bonds. The van der Waals surface area contributed by atoms with Crippen LogP contribution in [-0.2, 0) is 5.41 Å². The summed E-state index contributed by atoms with van der Waals surface area (Å²) in [5, 5.41) is 0. The Bertz CT molecular complexity index is 1210. The van der Waals surface area contributed by atoms with Gasteiger partial charge in [-0.25, -0.2) is 0 Å². The summed E-state index contributed by atoms with van der Waals surface area (Å²) in [5.41, 5.74) is 0.248. The first kappa shape index (κ1) is 15.8. The number of rotatable bonds is 1. The normalized spacial score (nSPS) is 13.6. The van der Waals surface area contributed by atoms with Crippen molar-refractivity contribution >= 4 is 94.3 Å². The van der Waals surface area contributed by atoms with Crippen LogP contribution in [0.15, 0.2) is 12.1 Å². The van der Waals surface area contributed by atoms with Gasteiger partial charge in [-0.05, 0) is 23.5 Å². The molecule has 0 atom stereocenters. The lowest BCUT2D eigenvalue weighted by atomic mass is 9.95. The lowest BCUT2D eigenvalue weighted by Crippen LogP contribution is -2.07. The second-order valence-electron chi connectivity index (χ2n) is 7.67. The maximum Gasteiger partial charge on any atom is 0.0651 e. The second-order valence-corrected chi connectivity index (χ2v) is 12.9. The van der Waals surface area contributed by atoms with Crippen molar-refractivity contribution < 1.29 is 0 Å². The van der Waals surface area contributed by atoms with Crippen molar-refractivity contribution in [2.24, 2.45) is 0 Å². The van der Waals surface area contributed by atoms with E-state index in [1.807, 2.05) is 56.7 Å². The van der Waals surface area contributed by atoms with Gasteiger partial charge in [0.1, 0.15) is 0 Å². The van der Waals surface area contributed by atoms with Gasteiger partial charge in [0, 0.05) is 19.2 Å². The molecule has 5 rings (SSSR count). The third-order valence-corrected chi connectivity index (χ3v) is 11.9. The smallest absolute Gasteiger partial charge is 0.0651 e. The van der Waals surface area contributed by atoms with Gasteiger partial charge >= 0.3 is 0 Å². The first-order valence-electron chi connectivity index (χ1n) is 8.14. The van der Waals surface area contributed by atoms with Gasteiger partial charge in [-0.3, -0.25) is 0 Å². The van der Waals surface area contributed by atoms with E-state index in [2.05, 4.69) is 46.8 Å². The van der Waals surface area contributed by atoms with Crippen molar-refractivity contribution in [3.05, 3.63) is 21.9 Å². The molecule has 0 aromatic carbocycles. The van der Waals surface area contributed by atoms with Gasteiger partial charge in [0.25, 0.3) is 0 Å². The maximum atomic E-state index is 2.43. The molecule has 5 aromatic rings. The van der Waals surface area contributed by atoms with Crippen LogP contribution < -0.4 is 0 Å². The third kappa shape index (κ3) is 2.12. The molecule has 0 saturated heterocycles. The summed E-state index contributed by atoms with van der Waals surface area (Å²) in [7, 11) is 0. The highest BCUT2D eigenvalue weighted by molar-refractivity contribution is 7.48. The molecule has 124 valence electrons. The topological polar surface area (TPSA) is 0 Å². The van der Waals surface area contributed by atoms with Gasteiger partial charge in [-0.2, -0.15) is 0 Å². The molecule has 0 aliphatic rings. The predicted octanol–water partition coefficient (Wildman–Crippen LogP) is 9.03. The van der Waals surface area contributed by atoms with Crippen LogP contribution in [0.1, 0.15) is 50.3 Å². The van der Waals surface area contributed by atoms with E-state index >= 15 is 0 Å². The third-order valence-electron chi connectivity index (χ3n) is 4.38. The Balaban J connectivity index is 1.81. The Morgan fingerprint density at radius 1 is 0.667 bits per heavy atom. The molecule has 0 aliphatic carbocycles. The Kier molecular flexibility index (Phi) is 3.31. The van der Waals surface area contributed by atoms with Crippen molar-refractivity contribution in [1.29, 1.82) is 0 Å². The Morgan fingerprint density at radius 3 is 1.79 bits per heavy atom. The van der Waals surface area contributed by atoms with Gasteiger partial charge < -0.3 is 0 Å². The number of fused-ring (bicyclic) bond motifs is 7. The van der Waals surface area contributed by atoms with Gasteiger partial charge in [-0.1, -0.05) is 34.6 Å². The summed E-state index contributed by atoms with van der Waals surface area (Å²) < 4.78 is 12.1. The molecule has 0 saturated carbocycles. The monoisotopic (exact) mass is 406 g/mol. The first-order chi connectivity index (χ1) is 11.3. The zero-order chi connectivity index (χ0) is 16.8. The lowest BCUT2D eigenvalue weighted by Gasteiger charge is -2.14. The maximum absolute atomic E-state index is 2.43. The minimum atomic E-state index is 0.248. The summed E-state index contributed by atoms with van der Waals surface area (Å²) in [6.07, 6.45) is 0. The molecule has 0 aliphatic heterocycles. The van der Waals surface area contributed by atoms with Gasteiger partial charge in [0.05, 0.1) is 28.2 Å². The Morgan fingerprint density at radius 2 is 1.21 bits per heavy atom. The van der Waals surface area contributed by atoms with Crippen molar-refractivity contribution in [3.63, 3.8) is 0 Å². The second kappa shape index (κ2) is 5.04. The highest BCUT2D eigenvalue weighted by Crippen LogP contribution is 2.54. The minimum Gasteiger partial charge on any atom is -0.138 e. The SMILES string of the molecule is CC(C)c1cc2sc3c(sc4c5sc(C(C)(C)C)cc5sc43)c2s1. The molecule has 0 N–H and O–H groups in total. The van der Waals surface area contributed by atoms with E-state index in [1.54, 1.807) is 0 Å². The Hall–Kier alpha value is -0.460. The molecule has 5 heteroatoms. The van der Waals surface area contributed by atoms with E-state index in [1.165, 1.54) is 47.4 Å². The predicted molar refractivity (Wildman–Crippen MR) is 119 cm³/mol. The van der Waals surface area contributed by atoms with Crippen LogP contribution >= 0.6 is 56.7 Å². The van der Waals surface area contributed by atoms with Gasteiger partial charge in [-0.15, -0.1) is 56.7 Å². The molecule has 0 nitrogen and oxygen atoms in total. The first-order valence-corrected chi connectivity index (χ1v) is 12.2. The number of hydrogen-bond acceptors (Lipinski definition) is 5. The van der Waals surface area contributed by atoms with Crippen LogP contribution in [0.3, 0.4) is 0 Å². The molecule has 0 spiro atoms. The fourth-order valence-electron chi connectivity index (χ4n) is 2.99. The van der Waals surface area contributed by atoms with E-state index in [0.29, 0.717) is 5.92 Å². The minimum absolute atomic E-state index is 0.248. The highest BCUT2D eigenvalue weighted by Gasteiger charge is 2.23. The molecule has 0 bridgehead atoms. The Labute approximate surface area is 161 Å². The summed E-state index contributed by atoms with van der Waals surface area (Å²) >= 11 is 10.0. The van der Waals surface area contributed by atoms with E-state index in [4.69, 9.17) is 0 Å².